The number of nitrogens with zero attached hydrogens (tertiary/aromatic N) is 6. The summed E-state index contributed by atoms with van der Waals surface area (Å²) in [5, 5.41) is 9.21. The van der Waals surface area contributed by atoms with Gasteiger partial charge in [0.25, 0.3) is 0 Å². The van der Waals surface area contributed by atoms with Gasteiger partial charge >= 0.3 is 0 Å². The summed E-state index contributed by atoms with van der Waals surface area (Å²) in [7, 11) is -3.12. The first-order chi connectivity index (χ1) is 17.6. The normalized spacial score (nSPS) is 18.0. The molecule has 10 nitrogen and oxygen atoms in total. The number of pyridine rings is 1. The Morgan fingerprint density at radius 3 is 2.43 bits per heavy atom. The Morgan fingerprint density at radius 2 is 1.78 bits per heavy atom. The number of H-pyrrole nitrogens is 1. The first kappa shape index (κ1) is 24.4. The summed E-state index contributed by atoms with van der Waals surface area (Å²) in [5.41, 5.74) is 2.83. The molecule has 1 atom stereocenters. The summed E-state index contributed by atoms with van der Waals surface area (Å²) >= 11 is 12.6. The van der Waals surface area contributed by atoms with Gasteiger partial charge in [-0.25, -0.2) is 22.7 Å². The average molecular weight is 560 g/mol. The molecule has 1 aromatic carbocycles. The number of nitrogens with one attached hydrogen (secondary N) is 1. The van der Waals surface area contributed by atoms with Crippen LogP contribution in [-0.2, 0) is 10.0 Å². The van der Waals surface area contributed by atoms with Crippen LogP contribution in [0.25, 0.3) is 22.3 Å². The highest BCUT2D eigenvalue weighted by molar-refractivity contribution is 7.88. The zero-order valence-electron chi connectivity index (χ0n) is 20.0. The van der Waals surface area contributed by atoms with Crippen molar-refractivity contribution in [3.8, 4) is 17.1 Å². The summed E-state index contributed by atoms with van der Waals surface area (Å²) in [4.78, 5) is 15.3. The van der Waals surface area contributed by atoms with Crippen molar-refractivity contribution in [2.75, 3.05) is 37.3 Å². The second kappa shape index (κ2) is 8.80. The van der Waals surface area contributed by atoms with Gasteiger partial charge in [-0.3, -0.25) is 10.1 Å². The fourth-order valence-electron chi connectivity index (χ4n) is 5.00. The van der Waals surface area contributed by atoms with Crippen molar-refractivity contribution in [2.45, 2.75) is 13.0 Å². The third-order valence-electron chi connectivity index (χ3n) is 6.89. The third kappa shape index (κ3) is 4.39. The second-order valence-corrected chi connectivity index (χ2v) is 12.5. The maximum absolute atomic E-state index is 11.7. The summed E-state index contributed by atoms with van der Waals surface area (Å²) in [6.07, 6.45) is 7.37. The molecular formula is C24H23Cl2N7O3S. The van der Waals surface area contributed by atoms with Crippen LogP contribution in [0.3, 0.4) is 0 Å². The van der Waals surface area contributed by atoms with Crippen LogP contribution < -0.4 is 9.64 Å². The van der Waals surface area contributed by atoms with Crippen LogP contribution in [0.2, 0.25) is 10.0 Å². The maximum Gasteiger partial charge on any atom is 0.211 e. The highest BCUT2D eigenvalue weighted by Crippen LogP contribution is 2.42. The van der Waals surface area contributed by atoms with E-state index >= 15 is 0 Å². The zero-order valence-corrected chi connectivity index (χ0v) is 22.3. The highest BCUT2D eigenvalue weighted by atomic mass is 35.5. The molecule has 0 amide bonds. The predicted molar refractivity (Wildman–Crippen MR) is 141 cm³/mol. The van der Waals surface area contributed by atoms with Crippen LogP contribution >= 0.6 is 23.2 Å². The van der Waals surface area contributed by atoms with Gasteiger partial charge in [-0.15, -0.1) is 0 Å². The molecule has 1 spiro atoms. The minimum Gasteiger partial charge on any atom is -0.486 e. The van der Waals surface area contributed by atoms with E-state index in [4.69, 9.17) is 27.9 Å². The molecule has 2 saturated heterocycles. The third-order valence-corrected chi connectivity index (χ3v) is 8.69. The van der Waals surface area contributed by atoms with Crippen molar-refractivity contribution < 1.29 is 13.2 Å². The van der Waals surface area contributed by atoms with Crippen LogP contribution in [0.4, 0.5) is 5.82 Å². The lowest BCUT2D eigenvalue weighted by Crippen LogP contribution is -2.73. The Labute approximate surface area is 223 Å². The van der Waals surface area contributed by atoms with Crippen LogP contribution in [0.15, 0.2) is 43.0 Å². The molecule has 0 radical (unpaired) electrons. The molecule has 0 bridgehead atoms. The number of sulfonamides is 1. The standard InChI is InChI=1S/C24H23Cl2N7O3S/c1-14(22-17(25)6-27-7-18(22)26)36-15-3-4-19-16(5-15)23(31-30-19)20-8-29-21(9-28-20)32-10-24(11-32)12-33(13-24)37(2,34)35/h3-9,14H,10-13H2,1-2H3,(H,30,31)/t14-/m1/s1. The van der Waals surface area contributed by atoms with Crippen LogP contribution in [-0.4, -0.2) is 70.3 Å². The lowest BCUT2D eigenvalue weighted by atomic mass is 9.74. The largest absolute Gasteiger partial charge is 0.486 e. The Balaban J connectivity index is 1.18. The number of ether oxygens (including phenoxy) is 1. The van der Waals surface area contributed by atoms with E-state index in [1.165, 1.54) is 10.6 Å². The van der Waals surface area contributed by atoms with Crippen LogP contribution in [0.5, 0.6) is 5.75 Å². The summed E-state index contributed by atoms with van der Waals surface area (Å²) < 4.78 is 31.0. The van der Waals surface area contributed by atoms with E-state index in [-0.39, 0.29) is 5.41 Å². The second-order valence-electron chi connectivity index (χ2n) is 9.70. The molecule has 0 unspecified atom stereocenters. The number of hydrogen-bond acceptors (Lipinski definition) is 8. The van der Waals surface area contributed by atoms with E-state index in [2.05, 4.69) is 30.0 Å². The fraction of sp³-hybridized carbons (Fsp3) is 0.333. The fourth-order valence-corrected chi connectivity index (χ4v) is 6.69. The quantitative estimate of drug-likeness (QED) is 0.377. The van der Waals surface area contributed by atoms with Crippen molar-refractivity contribution in [3.63, 3.8) is 0 Å². The van der Waals surface area contributed by atoms with Crippen molar-refractivity contribution in [1.29, 1.82) is 0 Å². The molecule has 2 fully saturated rings. The molecule has 2 aliphatic heterocycles. The minimum absolute atomic E-state index is 0.0279. The minimum atomic E-state index is -3.12. The van der Waals surface area contributed by atoms with Gasteiger partial charge in [0.1, 0.15) is 29.1 Å². The van der Waals surface area contributed by atoms with E-state index in [9.17, 15) is 8.42 Å². The average Bonchev–Trinajstić information content (AvgIpc) is 3.20. The number of fused-ring (bicyclic) bond motifs is 1. The Morgan fingerprint density at radius 1 is 1.05 bits per heavy atom. The van der Waals surface area contributed by atoms with Crippen molar-refractivity contribution in [2.24, 2.45) is 5.41 Å². The van der Waals surface area contributed by atoms with Gasteiger partial charge in [0, 0.05) is 54.9 Å². The van der Waals surface area contributed by atoms with Gasteiger partial charge in [0.15, 0.2) is 0 Å². The first-order valence-electron chi connectivity index (χ1n) is 11.6. The molecule has 6 rings (SSSR count). The first-order valence-corrected chi connectivity index (χ1v) is 14.2. The van der Waals surface area contributed by atoms with Gasteiger partial charge in [-0.05, 0) is 25.1 Å². The summed E-state index contributed by atoms with van der Waals surface area (Å²) in [6, 6.07) is 5.64. The molecular weight excluding hydrogens is 537 g/mol. The van der Waals surface area contributed by atoms with Crippen molar-refractivity contribution in [1.82, 2.24) is 29.5 Å². The van der Waals surface area contributed by atoms with E-state index in [0.29, 0.717) is 45.8 Å². The highest BCUT2D eigenvalue weighted by Gasteiger charge is 2.54. The van der Waals surface area contributed by atoms with Gasteiger partial charge in [0.05, 0.1) is 34.2 Å². The molecule has 13 heteroatoms. The van der Waals surface area contributed by atoms with Gasteiger partial charge in [-0.1, -0.05) is 23.2 Å². The molecule has 37 heavy (non-hydrogen) atoms. The Hall–Kier alpha value is -2.99. The monoisotopic (exact) mass is 559 g/mol. The van der Waals surface area contributed by atoms with Crippen molar-refractivity contribution >= 4 is 49.9 Å². The molecule has 2 aliphatic rings. The van der Waals surface area contributed by atoms with Crippen LogP contribution in [0, 0.1) is 5.41 Å². The maximum atomic E-state index is 11.7. The smallest absolute Gasteiger partial charge is 0.211 e. The number of aromatic amines is 1. The number of anilines is 1. The van der Waals surface area contributed by atoms with Crippen LogP contribution in [0.1, 0.15) is 18.6 Å². The molecule has 0 saturated carbocycles. The SMILES string of the molecule is C[C@@H](Oc1ccc2[nH]nc(-c3cnc(N4CC5(C4)CN(S(C)(=O)=O)C5)cn3)c2c1)c1c(Cl)cncc1Cl. The van der Waals surface area contributed by atoms with E-state index in [1.54, 1.807) is 24.8 Å². The zero-order chi connectivity index (χ0) is 25.9. The molecule has 3 aromatic heterocycles. The molecule has 4 aromatic rings. The predicted octanol–water partition coefficient (Wildman–Crippen LogP) is 3.94. The van der Waals surface area contributed by atoms with Crippen molar-refractivity contribution in [3.05, 3.63) is 58.6 Å². The summed E-state index contributed by atoms with van der Waals surface area (Å²) in [5.74, 6) is 1.39. The Bertz CT molecular complexity index is 1580. The van der Waals surface area contributed by atoms with E-state index in [1.807, 2.05) is 25.1 Å². The number of halogens is 2. The van der Waals surface area contributed by atoms with Gasteiger partial charge < -0.3 is 9.64 Å². The lowest BCUT2D eigenvalue weighted by molar-refractivity contribution is 0.0395. The Kier molecular flexibility index (Phi) is 5.79. The molecule has 0 aliphatic carbocycles. The topological polar surface area (TPSA) is 117 Å². The summed E-state index contributed by atoms with van der Waals surface area (Å²) in [6.45, 7) is 4.54. The van der Waals surface area contributed by atoms with E-state index < -0.39 is 16.1 Å². The van der Waals surface area contributed by atoms with Gasteiger partial charge in [0.2, 0.25) is 10.0 Å². The number of rotatable bonds is 6. The lowest BCUT2D eigenvalue weighted by Gasteiger charge is -2.59. The van der Waals surface area contributed by atoms with Gasteiger partial charge in [-0.2, -0.15) is 5.10 Å². The number of hydrogen-bond donors (Lipinski definition) is 1. The molecule has 5 heterocycles. The molecule has 192 valence electrons. The number of aromatic nitrogens is 5. The van der Waals surface area contributed by atoms with E-state index in [0.717, 1.165) is 29.8 Å². The molecule has 1 N–H and O–H groups in total. The number of benzene rings is 1.